The lowest BCUT2D eigenvalue weighted by Crippen LogP contribution is -2.07. The zero-order valence-corrected chi connectivity index (χ0v) is 13.2. The zero-order valence-electron chi connectivity index (χ0n) is 13.2. The third-order valence-corrected chi connectivity index (χ3v) is 3.94. The Balaban J connectivity index is 2.14. The van der Waals surface area contributed by atoms with Crippen molar-refractivity contribution in [3.05, 3.63) is 59.2 Å². The van der Waals surface area contributed by atoms with Gasteiger partial charge in [-0.2, -0.15) is 4.68 Å². The largest absolute Gasteiger partial charge is 0.382 e. The van der Waals surface area contributed by atoms with Gasteiger partial charge in [0.15, 0.2) is 5.82 Å². The fraction of sp³-hybridized carbons (Fsp3) is 0.222. The van der Waals surface area contributed by atoms with E-state index in [1.54, 1.807) is 4.68 Å². The molecule has 2 aromatic carbocycles. The van der Waals surface area contributed by atoms with E-state index >= 15 is 0 Å². The fourth-order valence-corrected chi connectivity index (χ4v) is 2.68. The highest BCUT2D eigenvalue weighted by Crippen LogP contribution is 2.28. The number of nitrogen functional groups attached to an aromatic ring is 1. The Bertz CT molecular complexity index is 800. The molecule has 0 saturated carbocycles. The van der Waals surface area contributed by atoms with Gasteiger partial charge in [0.25, 0.3) is 0 Å². The maximum atomic E-state index is 6.34. The van der Waals surface area contributed by atoms with Crippen molar-refractivity contribution in [1.82, 2.24) is 15.0 Å². The first-order chi connectivity index (χ1) is 10.6. The van der Waals surface area contributed by atoms with Crippen molar-refractivity contribution in [2.75, 3.05) is 5.73 Å². The van der Waals surface area contributed by atoms with E-state index < -0.39 is 0 Å². The molecule has 0 fully saturated rings. The van der Waals surface area contributed by atoms with Crippen LogP contribution in [0.15, 0.2) is 42.5 Å². The van der Waals surface area contributed by atoms with E-state index in [2.05, 4.69) is 61.4 Å². The minimum absolute atomic E-state index is 0.577. The van der Waals surface area contributed by atoms with Crippen LogP contribution in [0.4, 0.5) is 5.82 Å². The molecule has 0 unspecified atom stereocenters. The van der Waals surface area contributed by atoms with Crippen molar-refractivity contribution in [1.29, 1.82) is 0 Å². The molecule has 0 saturated heterocycles. The Morgan fingerprint density at radius 2 is 1.77 bits per heavy atom. The molecule has 0 amide bonds. The van der Waals surface area contributed by atoms with Gasteiger partial charge in [0, 0.05) is 5.56 Å². The molecule has 1 aromatic heterocycles. The summed E-state index contributed by atoms with van der Waals surface area (Å²) in [5, 5.41) is 8.59. The fourth-order valence-electron chi connectivity index (χ4n) is 2.68. The highest BCUT2D eigenvalue weighted by Gasteiger charge is 2.16. The van der Waals surface area contributed by atoms with Gasteiger partial charge >= 0.3 is 0 Å². The van der Waals surface area contributed by atoms with Crippen molar-refractivity contribution in [2.45, 2.75) is 27.2 Å². The maximum absolute atomic E-state index is 6.34. The summed E-state index contributed by atoms with van der Waals surface area (Å²) in [6.45, 7) is 6.26. The molecule has 4 heteroatoms. The van der Waals surface area contributed by atoms with Crippen molar-refractivity contribution >= 4 is 5.82 Å². The van der Waals surface area contributed by atoms with E-state index in [1.807, 2.05) is 12.1 Å². The number of para-hydroxylation sites is 1. The second kappa shape index (κ2) is 5.64. The third-order valence-electron chi connectivity index (χ3n) is 3.94. The summed E-state index contributed by atoms with van der Waals surface area (Å²) < 4.78 is 1.75. The van der Waals surface area contributed by atoms with Gasteiger partial charge in [-0.3, -0.25) is 0 Å². The van der Waals surface area contributed by atoms with E-state index in [4.69, 9.17) is 5.73 Å². The number of hydrogen-bond donors (Lipinski definition) is 1. The number of aromatic nitrogens is 3. The van der Waals surface area contributed by atoms with Gasteiger partial charge in [-0.05, 0) is 31.4 Å². The van der Waals surface area contributed by atoms with E-state index in [0.29, 0.717) is 5.82 Å². The smallest absolute Gasteiger partial charge is 0.155 e. The lowest BCUT2D eigenvalue weighted by atomic mass is 10.1. The van der Waals surface area contributed by atoms with E-state index in [1.165, 1.54) is 11.1 Å². The minimum Gasteiger partial charge on any atom is -0.382 e. The van der Waals surface area contributed by atoms with Crippen molar-refractivity contribution in [2.24, 2.45) is 0 Å². The van der Waals surface area contributed by atoms with Gasteiger partial charge in [0.1, 0.15) is 5.69 Å². The summed E-state index contributed by atoms with van der Waals surface area (Å²) >= 11 is 0. The molecule has 0 radical (unpaired) electrons. The summed E-state index contributed by atoms with van der Waals surface area (Å²) in [5.41, 5.74) is 12.7. The second-order valence-corrected chi connectivity index (χ2v) is 5.54. The Kier molecular flexibility index (Phi) is 3.67. The average Bonchev–Trinajstić information content (AvgIpc) is 2.89. The summed E-state index contributed by atoms with van der Waals surface area (Å²) in [4.78, 5) is 0. The van der Waals surface area contributed by atoms with Gasteiger partial charge in [0.05, 0.1) is 5.69 Å². The van der Waals surface area contributed by atoms with Crippen LogP contribution in [0.5, 0.6) is 0 Å². The molecule has 112 valence electrons. The third kappa shape index (κ3) is 2.37. The molecule has 0 aliphatic heterocycles. The molecule has 0 bridgehead atoms. The normalized spacial score (nSPS) is 10.9. The summed E-state index contributed by atoms with van der Waals surface area (Å²) in [5.74, 6) is 0.577. The Morgan fingerprint density at radius 1 is 1.05 bits per heavy atom. The van der Waals surface area contributed by atoms with Crippen LogP contribution in [-0.4, -0.2) is 15.0 Å². The molecule has 0 atom stereocenters. The number of benzene rings is 2. The number of hydrogen-bond acceptors (Lipinski definition) is 3. The number of aryl methyl sites for hydroxylation is 3. The number of rotatable bonds is 3. The molecule has 2 N–H and O–H groups in total. The monoisotopic (exact) mass is 292 g/mol. The molecule has 0 aliphatic carbocycles. The lowest BCUT2D eigenvalue weighted by Gasteiger charge is -2.12. The van der Waals surface area contributed by atoms with Crippen LogP contribution >= 0.6 is 0 Å². The predicted octanol–water partition coefficient (Wildman–Crippen LogP) is 3.70. The second-order valence-electron chi connectivity index (χ2n) is 5.54. The predicted molar refractivity (Wildman–Crippen MR) is 90.1 cm³/mol. The molecule has 0 spiro atoms. The number of nitrogens with two attached hydrogens (primary N) is 1. The Labute approximate surface area is 130 Å². The van der Waals surface area contributed by atoms with Crippen molar-refractivity contribution in [3.8, 4) is 16.9 Å². The average molecular weight is 292 g/mol. The Hall–Kier alpha value is -2.62. The quantitative estimate of drug-likeness (QED) is 0.801. The molecule has 4 nitrogen and oxygen atoms in total. The highest BCUT2D eigenvalue weighted by molar-refractivity contribution is 5.71. The topological polar surface area (TPSA) is 56.7 Å². The molecular formula is C18H20N4. The first-order valence-electron chi connectivity index (χ1n) is 7.49. The van der Waals surface area contributed by atoms with Gasteiger partial charge in [0.2, 0.25) is 0 Å². The number of nitrogens with zero attached hydrogens (tertiary/aromatic N) is 3. The van der Waals surface area contributed by atoms with Crippen LogP contribution in [0, 0.1) is 13.8 Å². The van der Waals surface area contributed by atoms with E-state index in [9.17, 15) is 0 Å². The first kappa shape index (κ1) is 14.3. The van der Waals surface area contributed by atoms with Crippen molar-refractivity contribution < 1.29 is 0 Å². The van der Waals surface area contributed by atoms with E-state index in [0.717, 1.165) is 28.9 Å². The molecular weight excluding hydrogens is 272 g/mol. The maximum Gasteiger partial charge on any atom is 0.155 e. The molecule has 22 heavy (non-hydrogen) atoms. The van der Waals surface area contributed by atoms with Crippen molar-refractivity contribution in [3.63, 3.8) is 0 Å². The van der Waals surface area contributed by atoms with Crippen LogP contribution in [0.25, 0.3) is 16.9 Å². The highest BCUT2D eigenvalue weighted by atomic mass is 15.5. The summed E-state index contributed by atoms with van der Waals surface area (Å²) in [6, 6.07) is 14.4. The lowest BCUT2D eigenvalue weighted by molar-refractivity contribution is 0.795. The number of anilines is 1. The minimum atomic E-state index is 0.577. The van der Waals surface area contributed by atoms with Gasteiger partial charge < -0.3 is 5.73 Å². The van der Waals surface area contributed by atoms with Crippen LogP contribution < -0.4 is 5.73 Å². The van der Waals surface area contributed by atoms with Gasteiger partial charge in [-0.25, -0.2) is 0 Å². The first-order valence-corrected chi connectivity index (χ1v) is 7.49. The molecule has 3 aromatic rings. The molecule has 3 rings (SSSR count). The van der Waals surface area contributed by atoms with Gasteiger partial charge in [-0.15, -0.1) is 5.10 Å². The van der Waals surface area contributed by atoms with E-state index in [-0.39, 0.29) is 0 Å². The summed E-state index contributed by atoms with van der Waals surface area (Å²) in [7, 11) is 0. The zero-order chi connectivity index (χ0) is 15.7. The van der Waals surface area contributed by atoms with Crippen LogP contribution in [0.3, 0.4) is 0 Å². The Morgan fingerprint density at radius 3 is 2.45 bits per heavy atom. The van der Waals surface area contributed by atoms with Crippen LogP contribution in [0.2, 0.25) is 0 Å². The van der Waals surface area contributed by atoms with Gasteiger partial charge in [-0.1, -0.05) is 60.2 Å². The SMILES string of the molecule is CCc1cccc(C)c1-n1nnc(-c2ccc(C)cc2)c1N. The molecule has 0 aliphatic rings. The van der Waals surface area contributed by atoms with Crippen LogP contribution in [-0.2, 0) is 6.42 Å². The molecule has 1 heterocycles. The summed E-state index contributed by atoms with van der Waals surface area (Å²) in [6.07, 6.45) is 0.927. The standard InChI is InChI=1S/C18H20N4/c1-4-14-7-5-6-13(3)17(14)22-18(19)16(20-21-22)15-10-8-12(2)9-11-15/h5-11H,4,19H2,1-3H3. The van der Waals surface area contributed by atoms with Crippen LogP contribution in [0.1, 0.15) is 23.6 Å².